The molecule has 1 aromatic rings. The lowest BCUT2D eigenvalue weighted by molar-refractivity contribution is 0.0335. The lowest BCUT2D eigenvalue weighted by Gasteiger charge is -2.30. The van der Waals surface area contributed by atoms with Gasteiger partial charge in [-0.05, 0) is 18.9 Å². The van der Waals surface area contributed by atoms with Gasteiger partial charge in [0.1, 0.15) is 0 Å². The molecule has 2 aliphatic heterocycles. The lowest BCUT2D eigenvalue weighted by Crippen LogP contribution is -2.38. The van der Waals surface area contributed by atoms with Crippen LogP contribution in [0.1, 0.15) is 24.6 Å². The van der Waals surface area contributed by atoms with Crippen LogP contribution in [-0.4, -0.2) is 70.2 Å². The molecule has 0 unspecified atom stereocenters. The first-order valence-electron chi connectivity index (χ1n) is 7.54. The van der Waals surface area contributed by atoms with Gasteiger partial charge in [-0.25, -0.2) is 4.79 Å². The number of nitrogens with zero attached hydrogens (tertiary/aromatic N) is 4. The average Bonchev–Trinajstić information content (AvgIpc) is 2.97. The maximum Gasteiger partial charge on any atom is 0.407 e. The summed E-state index contributed by atoms with van der Waals surface area (Å²) < 4.78 is 7.36. The van der Waals surface area contributed by atoms with Crippen LogP contribution in [0.15, 0.2) is 12.3 Å². The lowest BCUT2D eigenvalue weighted by atomic mass is 10.1. The predicted molar refractivity (Wildman–Crippen MR) is 76.2 cm³/mol. The van der Waals surface area contributed by atoms with E-state index in [1.54, 1.807) is 0 Å². The average molecular weight is 294 g/mol. The van der Waals surface area contributed by atoms with E-state index in [1.165, 1.54) is 4.90 Å². The van der Waals surface area contributed by atoms with Crippen LogP contribution in [0, 0.1) is 0 Å². The number of likely N-dealkylation sites (tertiary alicyclic amines) is 1. The van der Waals surface area contributed by atoms with Gasteiger partial charge in [-0.3, -0.25) is 9.58 Å². The fourth-order valence-electron chi connectivity index (χ4n) is 2.98. The quantitative estimate of drug-likeness (QED) is 0.901. The number of aromatic nitrogens is 2. The first kappa shape index (κ1) is 14.3. The van der Waals surface area contributed by atoms with Gasteiger partial charge in [0.2, 0.25) is 0 Å². The van der Waals surface area contributed by atoms with Crippen LogP contribution < -0.4 is 0 Å². The number of hydrogen-bond acceptors (Lipinski definition) is 4. The van der Waals surface area contributed by atoms with Crippen LogP contribution >= 0.6 is 0 Å². The van der Waals surface area contributed by atoms with Crippen molar-refractivity contribution in [2.75, 3.05) is 39.4 Å². The molecule has 0 aliphatic carbocycles. The van der Waals surface area contributed by atoms with Crippen LogP contribution in [-0.2, 0) is 11.3 Å². The molecule has 0 saturated carbocycles. The maximum absolute atomic E-state index is 10.9. The van der Waals surface area contributed by atoms with Gasteiger partial charge in [0.15, 0.2) is 0 Å². The summed E-state index contributed by atoms with van der Waals surface area (Å²) in [6.45, 7) is 5.58. The minimum atomic E-state index is -0.818. The van der Waals surface area contributed by atoms with Crippen molar-refractivity contribution in [1.29, 1.82) is 0 Å². The van der Waals surface area contributed by atoms with Gasteiger partial charge < -0.3 is 14.7 Å². The zero-order valence-corrected chi connectivity index (χ0v) is 12.1. The number of carboxylic acid groups (broad SMARTS) is 1. The molecule has 3 heterocycles. The van der Waals surface area contributed by atoms with Crippen molar-refractivity contribution in [2.24, 2.45) is 0 Å². The first-order valence-corrected chi connectivity index (χ1v) is 7.54. The largest absolute Gasteiger partial charge is 0.465 e. The Kier molecular flexibility index (Phi) is 4.40. The summed E-state index contributed by atoms with van der Waals surface area (Å²) in [7, 11) is 0. The van der Waals surface area contributed by atoms with E-state index in [1.807, 2.05) is 10.9 Å². The first-order chi connectivity index (χ1) is 10.2. The normalized spacial score (nSPS) is 21.6. The van der Waals surface area contributed by atoms with Gasteiger partial charge >= 0.3 is 6.09 Å². The molecule has 7 nitrogen and oxygen atoms in total. The van der Waals surface area contributed by atoms with E-state index >= 15 is 0 Å². The summed E-state index contributed by atoms with van der Waals surface area (Å²) in [5.74, 6) is 0. The van der Waals surface area contributed by atoms with Crippen LogP contribution in [0.5, 0.6) is 0 Å². The van der Waals surface area contributed by atoms with Crippen molar-refractivity contribution in [1.82, 2.24) is 19.6 Å². The van der Waals surface area contributed by atoms with Crippen molar-refractivity contribution in [3.63, 3.8) is 0 Å². The monoisotopic (exact) mass is 294 g/mol. The zero-order valence-electron chi connectivity index (χ0n) is 12.1. The molecule has 0 radical (unpaired) electrons. The number of hydrogen-bond donors (Lipinski definition) is 1. The molecule has 0 aromatic carbocycles. The van der Waals surface area contributed by atoms with Crippen LogP contribution in [0.3, 0.4) is 0 Å². The summed E-state index contributed by atoms with van der Waals surface area (Å²) >= 11 is 0. The minimum absolute atomic E-state index is 0.319. The zero-order chi connectivity index (χ0) is 14.7. The van der Waals surface area contributed by atoms with Crippen molar-refractivity contribution in [3.05, 3.63) is 18.0 Å². The van der Waals surface area contributed by atoms with Crippen LogP contribution in [0.25, 0.3) is 0 Å². The van der Waals surface area contributed by atoms with E-state index in [0.717, 1.165) is 51.4 Å². The van der Waals surface area contributed by atoms with E-state index in [9.17, 15) is 4.79 Å². The van der Waals surface area contributed by atoms with Gasteiger partial charge in [-0.15, -0.1) is 0 Å². The van der Waals surface area contributed by atoms with Crippen molar-refractivity contribution < 1.29 is 14.6 Å². The van der Waals surface area contributed by atoms with E-state index in [2.05, 4.69) is 16.1 Å². The highest BCUT2D eigenvalue weighted by atomic mass is 16.5. The third kappa shape index (κ3) is 3.54. The van der Waals surface area contributed by atoms with Crippen molar-refractivity contribution in [3.8, 4) is 0 Å². The Morgan fingerprint density at radius 2 is 2.00 bits per heavy atom. The molecule has 1 N–H and O–H groups in total. The molecule has 2 fully saturated rings. The molecule has 21 heavy (non-hydrogen) atoms. The molecule has 2 aliphatic rings. The predicted octanol–water partition coefficient (Wildman–Crippen LogP) is 1.03. The van der Waals surface area contributed by atoms with E-state index in [-0.39, 0.29) is 0 Å². The molecule has 0 atom stereocenters. The second-order valence-corrected chi connectivity index (χ2v) is 5.68. The van der Waals surface area contributed by atoms with Gasteiger partial charge in [-0.1, -0.05) is 0 Å². The standard InChI is InChI=1S/C14H22N4O3/c19-14(20)17-4-2-13(3-5-17)18-6-1-12(15-18)11-16-7-9-21-10-8-16/h1,6,13H,2-5,7-11H2,(H,19,20). The Balaban J connectivity index is 1.54. The highest BCUT2D eigenvalue weighted by molar-refractivity contribution is 5.64. The number of amides is 1. The Morgan fingerprint density at radius 1 is 1.29 bits per heavy atom. The molecule has 2 saturated heterocycles. The SMILES string of the molecule is O=C(O)N1CCC(n2ccc(CN3CCOCC3)n2)CC1. The summed E-state index contributed by atoms with van der Waals surface area (Å²) in [6, 6.07) is 2.39. The Labute approximate surface area is 124 Å². The second-order valence-electron chi connectivity index (χ2n) is 5.68. The fourth-order valence-corrected chi connectivity index (χ4v) is 2.98. The maximum atomic E-state index is 10.9. The second kappa shape index (κ2) is 6.44. The molecule has 7 heteroatoms. The minimum Gasteiger partial charge on any atom is -0.465 e. The highest BCUT2D eigenvalue weighted by Crippen LogP contribution is 2.22. The molecule has 1 amide bonds. The number of carbonyl (C=O) groups is 1. The van der Waals surface area contributed by atoms with E-state index in [4.69, 9.17) is 9.84 Å². The van der Waals surface area contributed by atoms with Gasteiger partial charge in [0, 0.05) is 38.9 Å². The summed E-state index contributed by atoms with van der Waals surface area (Å²) in [5, 5.41) is 13.6. The summed E-state index contributed by atoms with van der Waals surface area (Å²) in [6.07, 6.45) is 2.88. The van der Waals surface area contributed by atoms with Gasteiger partial charge in [0.05, 0.1) is 24.9 Å². The summed E-state index contributed by atoms with van der Waals surface area (Å²) in [5.41, 5.74) is 1.08. The number of ether oxygens (including phenoxy) is 1. The summed E-state index contributed by atoms with van der Waals surface area (Å²) in [4.78, 5) is 14.7. The van der Waals surface area contributed by atoms with E-state index < -0.39 is 6.09 Å². The third-order valence-electron chi connectivity index (χ3n) is 4.26. The Bertz CT molecular complexity index is 476. The third-order valence-corrected chi connectivity index (χ3v) is 4.26. The fraction of sp³-hybridized carbons (Fsp3) is 0.714. The van der Waals surface area contributed by atoms with Crippen molar-refractivity contribution in [2.45, 2.75) is 25.4 Å². The molecule has 1 aromatic heterocycles. The molecule has 0 spiro atoms. The number of rotatable bonds is 3. The molecule has 3 rings (SSSR count). The van der Waals surface area contributed by atoms with Crippen molar-refractivity contribution >= 4 is 6.09 Å². The Morgan fingerprint density at radius 3 is 2.67 bits per heavy atom. The van der Waals surface area contributed by atoms with Gasteiger partial charge in [-0.2, -0.15) is 5.10 Å². The molecule has 0 bridgehead atoms. The van der Waals surface area contributed by atoms with Gasteiger partial charge in [0.25, 0.3) is 0 Å². The molecular weight excluding hydrogens is 272 g/mol. The van der Waals surface area contributed by atoms with Crippen LogP contribution in [0.2, 0.25) is 0 Å². The van der Waals surface area contributed by atoms with E-state index in [0.29, 0.717) is 19.1 Å². The number of morpholine rings is 1. The number of piperidine rings is 1. The topological polar surface area (TPSA) is 70.8 Å². The molecule has 116 valence electrons. The highest BCUT2D eigenvalue weighted by Gasteiger charge is 2.24. The Hall–Kier alpha value is -1.60. The molecular formula is C14H22N4O3. The van der Waals surface area contributed by atoms with Crippen LogP contribution in [0.4, 0.5) is 4.79 Å². The smallest absolute Gasteiger partial charge is 0.407 e.